The molecule has 2 aromatic rings. The van der Waals surface area contributed by atoms with Crippen LogP contribution >= 0.6 is 0 Å². The Morgan fingerprint density at radius 2 is 2.27 bits per heavy atom. The molecule has 7 heteroatoms. The van der Waals surface area contributed by atoms with Crippen molar-refractivity contribution in [2.24, 2.45) is 0 Å². The molecule has 0 aliphatic carbocycles. The predicted octanol–water partition coefficient (Wildman–Crippen LogP) is 2.87. The smallest absolute Gasteiger partial charge is 0.336 e. The molecule has 1 aliphatic heterocycles. The molecule has 0 saturated heterocycles. The maximum absolute atomic E-state index is 12.5. The summed E-state index contributed by atoms with van der Waals surface area (Å²) in [7, 11) is 0. The number of aromatic nitrogens is 1. The van der Waals surface area contributed by atoms with Gasteiger partial charge in [-0.25, -0.2) is 13.6 Å². The fraction of sp³-hybridized carbons (Fsp3) is 0.333. The SMILES string of the molecule is O=C(O)c1cccc2c1CN(Cc1cc(C(F)F)on1)CC2. The Morgan fingerprint density at radius 1 is 1.45 bits per heavy atom. The van der Waals surface area contributed by atoms with E-state index in [1.807, 2.05) is 11.0 Å². The Bertz CT molecular complexity index is 700. The minimum Gasteiger partial charge on any atom is -0.478 e. The molecule has 1 aromatic heterocycles. The van der Waals surface area contributed by atoms with Crippen LogP contribution in [0.2, 0.25) is 0 Å². The molecule has 0 spiro atoms. The van der Waals surface area contributed by atoms with Crippen LogP contribution in [0.15, 0.2) is 28.8 Å². The van der Waals surface area contributed by atoms with E-state index in [4.69, 9.17) is 0 Å². The average Bonchev–Trinajstić information content (AvgIpc) is 2.95. The molecule has 0 saturated carbocycles. The summed E-state index contributed by atoms with van der Waals surface area (Å²) in [5, 5.41) is 12.9. The normalized spacial score (nSPS) is 15.0. The van der Waals surface area contributed by atoms with E-state index < -0.39 is 18.2 Å². The minimum absolute atomic E-state index is 0.288. The van der Waals surface area contributed by atoms with E-state index in [2.05, 4.69) is 9.68 Å². The second-order valence-corrected chi connectivity index (χ2v) is 5.23. The van der Waals surface area contributed by atoms with E-state index in [0.717, 1.165) is 17.5 Å². The Balaban J connectivity index is 1.77. The Kier molecular flexibility index (Phi) is 3.89. The van der Waals surface area contributed by atoms with Crippen molar-refractivity contribution in [1.29, 1.82) is 0 Å². The molecule has 0 unspecified atom stereocenters. The molecule has 1 aromatic carbocycles. The first-order valence-electron chi connectivity index (χ1n) is 6.84. The molecule has 3 rings (SSSR count). The topological polar surface area (TPSA) is 66.6 Å². The first kappa shape index (κ1) is 14.6. The van der Waals surface area contributed by atoms with E-state index in [9.17, 15) is 18.7 Å². The first-order valence-corrected chi connectivity index (χ1v) is 6.84. The van der Waals surface area contributed by atoms with Crippen LogP contribution in [-0.4, -0.2) is 27.7 Å². The number of hydrogen-bond donors (Lipinski definition) is 1. The van der Waals surface area contributed by atoms with Crippen LogP contribution in [-0.2, 0) is 19.5 Å². The van der Waals surface area contributed by atoms with E-state index in [-0.39, 0.29) is 5.56 Å². The number of aromatic carboxylic acids is 1. The number of carboxylic acid groups (broad SMARTS) is 1. The van der Waals surface area contributed by atoms with Crippen LogP contribution in [0.3, 0.4) is 0 Å². The van der Waals surface area contributed by atoms with Crippen LogP contribution in [0.5, 0.6) is 0 Å². The van der Waals surface area contributed by atoms with Crippen LogP contribution in [0.25, 0.3) is 0 Å². The lowest BCUT2D eigenvalue weighted by Crippen LogP contribution is -2.31. The van der Waals surface area contributed by atoms with Crippen molar-refractivity contribution in [3.05, 3.63) is 52.4 Å². The number of halogens is 2. The zero-order chi connectivity index (χ0) is 15.7. The molecule has 0 amide bonds. The molecule has 2 heterocycles. The van der Waals surface area contributed by atoms with Gasteiger partial charge in [0.1, 0.15) is 0 Å². The van der Waals surface area contributed by atoms with Crippen LogP contribution < -0.4 is 0 Å². The zero-order valence-electron chi connectivity index (χ0n) is 11.6. The molecule has 0 radical (unpaired) electrons. The monoisotopic (exact) mass is 308 g/mol. The van der Waals surface area contributed by atoms with Gasteiger partial charge in [-0.05, 0) is 23.6 Å². The molecule has 0 fully saturated rings. The molecule has 116 valence electrons. The number of carboxylic acids is 1. The Morgan fingerprint density at radius 3 is 2.95 bits per heavy atom. The summed E-state index contributed by atoms with van der Waals surface area (Å²) in [6, 6.07) is 6.48. The van der Waals surface area contributed by atoms with Gasteiger partial charge in [0.2, 0.25) is 5.76 Å². The number of rotatable bonds is 4. The van der Waals surface area contributed by atoms with Gasteiger partial charge in [0.05, 0.1) is 11.3 Å². The van der Waals surface area contributed by atoms with Crippen molar-refractivity contribution in [3.8, 4) is 0 Å². The highest BCUT2D eigenvalue weighted by atomic mass is 19.3. The molecule has 0 bridgehead atoms. The maximum atomic E-state index is 12.5. The van der Waals surface area contributed by atoms with Crippen molar-refractivity contribution < 1.29 is 23.2 Å². The maximum Gasteiger partial charge on any atom is 0.336 e. The number of fused-ring (bicyclic) bond motifs is 1. The van der Waals surface area contributed by atoms with Crippen molar-refractivity contribution >= 4 is 5.97 Å². The average molecular weight is 308 g/mol. The molecule has 0 atom stereocenters. The fourth-order valence-corrected chi connectivity index (χ4v) is 2.71. The second kappa shape index (κ2) is 5.84. The summed E-state index contributed by atoms with van der Waals surface area (Å²) < 4.78 is 29.5. The van der Waals surface area contributed by atoms with E-state index in [1.54, 1.807) is 12.1 Å². The van der Waals surface area contributed by atoms with Crippen molar-refractivity contribution in [3.63, 3.8) is 0 Å². The highest BCUT2D eigenvalue weighted by Gasteiger charge is 2.23. The lowest BCUT2D eigenvalue weighted by molar-refractivity contribution is 0.0693. The van der Waals surface area contributed by atoms with Gasteiger partial charge in [-0.1, -0.05) is 17.3 Å². The molecular formula is C15H14F2N2O3. The summed E-state index contributed by atoms with van der Waals surface area (Å²) >= 11 is 0. The quantitative estimate of drug-likeness (QED) is 0.940. The summed E-state index contributed by atoms with van der Waals surface area (Å²) in [6.07, 6.45) is -1.96. The summed E-state index contributed by atoms with van der Waals surface area (Å²) in [4.78, 5) is 13.3. The lowest BCUT2D eigenvalue weighted by Gasteiger charge is -2.28. The van der Waals surface area contributed by atoms with Gasteiger partial charge in [0.15, 0.2) is 0 Å². The zero-order valence-corrected chi connectivity index (χ0v) is 11.6. The van der Waals surface area contributed by atoms with Gasteiger partial charge < -0.3 is 9.63 Å². The van der Waals surface area contributed by atoms with Gasteiger partial charge in [-0.15, -0.1) is 0 Å². The third-order valence-electron chi connectivity index (χ3n) is 3.76. The Hall–Kier alpha value is -2.28. The number of alkyl halides is 2. The standard InChI is InChI=1S/C15H14F2N2O3/c16-14(17)13-6-10(18-22-13)7-19-5-4-9-2-1-3-11(15(20)21)12(9)8-19/h1-3,6,14H,4-5,7-8H2,(H,20,21). The lowest BCUT2D eigenvalue weighted by atomic mass is 9.95. The predicted molar refractivity (Wildman–Crippen MR) is 72.7 cm³/mol. The van der Waals surface area contributed by atoms with Crippen LogP contribution in [0, 0.1) is 0 Å². The summed E-state index contributed by atoms with van der Waals surface area (Å²) in [5.74, 6) is -1.40. The van der Waals surface area contributed by atoms with Crippen molar-refractivity contribution in [1.82, 2.24) is 10.1 Å². The highest BCUT2D eigenvalue weighted by Crippen LogP contribution is 2.25. The fourth-order valence-electron chi connectivity index (χ4n) is 2.71. The second-order valence-electron chi connectivity index (χ2n) is 5.23. The van der Waals surface area contributed by atoms with Gasteiger partial charge in [-0.2, -0.15) is 0 Å². The van der Waals surface area contributed by atoms with Gasteiger partial charge >= 0.3 is 5.97 Å². The van der Waals surface area contributed by atoms with Crippen LogP contribution in [0.1, 0.15) is 39.4 Å². The summed E-state index contributed by atoms with van der Waals surface area (Å²) in [6.45, 7) is 1.52. The van der Waals surface area contributed by atoms with E-state index in [0.29, 0.717) is 25.3 Å². The molecule has 22 heavy (non-hydrogen) atoms. The summed E-state index contributed by atoms with van der Waals surface area (Å²) in [5.41, 5.74) is 2.51. The van der Waals surface area contributed by atoms with Gasteiger partial charge in [-0.3, -0.25) is 4.90 Å². The first-order chi connectivity index (χ1) is 10.5. The number of benzene rings is 1. The third-order valence-corrected chi connectivity index (χ3v) is 3.76. The van der Waals surface area contributed by atoms with Crippen LogP contribution in [0.4, 0.5) is 8.78 Å². The number of nitrogens with zero attached hydrogens (tertiary/aromatic N) is 2. The van der Waals surface area contributed by atoms with Gasteiger partial charge in [0.25, 0.3) is 6.43 Å². The highest BCUT2D eigenvalue weighted by molar-refractivity contribution is 5.89. The Labute approximate surface area is 125 Å². The third kappa shape index (κ3) is 2.85. The van der Waals surface area contributed by atoms with Gasteiger partial charge in [0, 0.05) is 25.7 Å². The molecular weight excluding hydrogens is 294 g/mol. The minimum atomic E-state index is -2.68. The van der Waals surface area contributed by atoms with E-state index in [1.165, 1.54) is 6.07 Å². The molecule has 1 aliphatic rings. The molecule has 1 N–H and O–H groups in total. The number of carbonyl (C=O) groups is 1. The molecule has 5 nitrogen and oxygen atoms in total. The largest absolute Gasteiger partial charge is 0.478 e. The number of hydrogen-bond acceptors (Lipinski definition) is 4. The van der Waals surface area contributed by atoms with Crippen molar-refractivity contribution in [2.45, 2.75) is 25.9 Å². The van der Waals surface area contributed by atoms with E-state index >= 15 is 0 Å². The van der Waals surface area contributed by atoms with Crippen molar-refractivity contribution in [2.75, 3.05) is 6.54 Å².